The quantitative estimate of drug-likeness (QED) is 0.588. The van der Waals surface area contributed by atoms with Crippen LogP contribution < -0.4 is 5.32 Å². The number of carbonyl (C=O) groups excluding carboxylic acids is 1. The van der Waals surface area contributed by atoms with E-state index in [2.05, 4.69) is 27.9 Å². The molecule has 0 aliphatic rings. The van der Waals surface area contributed by atoms with Crippen molar-refractivity contribution in [3.8, 4) is 0 Å². The van der Waals surface area contributed by atoms with Gasteiger partial charge < -0.3 is 5.32 Å². The van der Waals surface area contributed by atoms with E-state index >= 15 is 0 Å². The largest absolute Gasteiger partial charge is 0.325 e. The minimum atomic E-state index is -3.94. The molecule has 0 aromatic heterocycles. The van der Waals surface area contributed by atoms with Crippen molar-refractivity contribution in [1.82, 2.24) is 4.31 Å². The first-order valence-corrected chi connectivity index (χ1v) is 10.5. The van der Waals surface area contributed by atoms with Gasteiger partial charge in [-0.25, -0.2) is 8.42 Å². The second-order valence-electron chi connectivity index (χ2n) is 5.06. The van der Waals surface area contributed by atoms with Gasteiger partial charge in [-0.3, -0.25) is 4.79 Å². The minimum absolute atomic E-state index is 0.0564. The summed E-state index contributed by atoms with van der Waals surface area (Å²) in [6.45, 7) is 1.44. The van der Waals surface area contributed by atoms with Crippen LogP contribution in [0, 0.1) is 3.57 Å². The van der Waals surface area contributed by atoms with E-state index in [0.717, 1.165) is 7.88 Å². The summed E-state index contributed by atoms with van der Waals surface area (Å²) in [5, 5.41) is 2.98. The van der Waals surface area contributed by atoms with E-state index in [9.17, 15) is 13.2 Å². The Kier molecular flexibility index (Phi) is 7.10. The molecule has 0 saturated heterocycles. The van der Waals surface area contributed by atoms with Crippen molar-refractivity contribution in [3.05, 3.63) is 56.1 Å². The zero-order valence-electron chi connectivity index (χ0n) is 13.2. The van der Waals surface area contributed by atoms with Gasteiger partial charge in [0.15, 0.2) is 0 Å². The third-order valence-electron chi connectivity index (χ3n) is 3.31. The molecule has 0 spiro atoms. The number of hydrogen-bond donors (Lipinski definition) is 1. The predicted octanol–water partition coefficient (Wildman–Crippen LogP) is 4.25. The molecule has 0 heterocycles. The monoisotopic (exact) mass is 512 g/mol. The van der Waals surface area contributed by atoms with Crippen molar-refractivity contribution in [1.29, 1.82) is 0 Å². The number of nitrogens with one attached hydrogen (secondary N) is 1. The van der Waals surface area contributed by atoms with Gasteiger partial charge in [0.2, 0.25) is 15.9 Å². The van der Waals surface area contributed by atoms with Gasteiger partial charge in [-0.2, -0.15) is 4.31 Å². The fourth-order valence-electron chi connectivity index (χ4n) is 2.07. The van der Waals surface area contributed by atoms with Crippen LogP contribution in [0.5, 0.6) is 0 Å². The van der Waals surface area contributed by atoms with Crippen LogP contribution >= 0.6 is 45.8 Å². The Labute approximate surface area is 170 Å². The Balaban J connectivity index is 2.19. The molecule has 0 fully saturated rings. The summed E-state index contributed by atoms with van der Waals surface area (Å²) in [4.78, 5) is 12.1. The molecule has 9 heteroatoms. The first kappa shape index (κ1) is 20.4. The molecule has 2 aromatic carbocycles. The number of amides is 1. The highest BCUT2D eigenvalue weighted by Gasteiger charge is 2.27. The number of rotatable bonds is 6. The van der Waals surface area contributed by atoms with Crippen molar-refractivity contribution in [2.24, 2.45) is 0 Å². The third kappa shape index (κ3) is 5.30. The van der Waals surface area contributed by atoms with Gasteiger partial charge >= 0.3 is 0 Å². The number of halogens is 3. The number of nitrogens with zero attached hydrogens (tertiary/aromatic N) is 1. The van der Waals surface area contributed by atoms with Crippen LogP contribution in [0.15, 0.2) is 47.4 Å². The molecule has 0 radical (unpaired) electrons. The fraction of sp³-hybridized carbons (Fsp3) is 0.188. The molecule has 1 amide bonds. The van der Waals surface area contributed by atoms with E-state index in [-0.39, 0.29) is 28.0 Å². The Hall–Kier alpha value is -0.870. The molecule has 5 nitrogen and oxygen atoms in total. The molecule has 0 bridgehead atoms. The van der Waals surface area contributed by atoms with Crippen molar-refractivity contribution < 1.29 is 13.2 Å². The lowest BCUT2D eigenvalue weighted by atomic mass is 10.3. The first-order chi connectivity index (χ1) is 11.7. The second-order valence-corrected chi connectivity index (χ2v) is 9.06. The number of benzene rings is 2. The van der Waals surface area contributed by atoms with Crippen molar-refractivity contribution in [2.75, 3.05) is 18.4 Å². The van der Waals surface area contributed by atoms with Gasteiger partial charge in [-0.1, -0.05) is 30.1 Å². The highest BCUT2D eigenvalue weighted by atomic mass is 127. The lowest BCUT2D eigenvalue weighted by molar-refractivity contribution is -0.116. The van der Waals surface area contributed by atoms with E-state index in [1.165, 1.54) is 18.2 Å². The van der Waals surface area contributed by atoms with Gasteiger partial charge in [-0.05, 0) is 65.1 Å². The molecule has 0 atom stereocenters. The van der Waals surface area contributed by atoms with Gasteiger partial charge in [0.1, 0.15) is 4.90 Å². The van der Waals surface area contributed by atoms with Crippen LogP contribution in [0.4, 0.5) is 5.69 Å². The molecule has 134 valence electrons. The normalized spacial score (nSPS) is 11.6. The lowest BCUT2D eigenvalue weighted by Gasteiger charge is -2.21. The first-order valence-electron chi connectivity index (χ1n) is 7.24. The van der Waals surface area contributed by atoms with E-state index in [1.54, 1.807) is 19.1 Å². The van der Waals surface area contributed by atoms with E-state index in [1.807, 2.05) is 12.1 Å². The zero-order chi connectivity index (χ0) is 18.6. The summed E-state index contributed by atoms with van der Waals surface area (Å²) in [6, 6.07) is 11.4. The van der Waals surface area contributed by atoms with Gasteiger partial charge in [0.25, 0.3) is 0 Å². The predicted molar refractivity (Wildman–Crippen MR) is 109 cm³/mol. The van der Waals surface area contributed by atoms with Gasteiger partial charge in [0.05, 0.1) is 11.6 Å². The summed E-state index contributed by atoms with van der Waals surface area (Å²) in [7, 11) is -3.94. The number of anilines is 1. The fourth-order valence-corrected chi connectivity index (χ4v) is 4.58. The maximum absolute atomic E-state index is 12.8. The smallest absolute Gasteiger partial charge is 0.245 e. The summed E-state index contributed by atoms with van der Waals surface area (Å²) in [5.74, 6) is -0.440. The van der Waals surface area contributed by atoms with Gasteiger partial charge in [-0.15, -0.1) is 0 Å². The van der Waals surface area contributed by atoms with E-state index < -0.39 is 15.9 Å². The van der Waals surface area contributed by atoms with Crippen LogP contribution in [-0.4, -0.2) is 31.7 Å². The van der Waals surface area contributed by atoms with Crippen LogP contribution in [0.3, 0.4) is 0 Å². The molecule has 1 N–H and O–H groups in total. The molecule has 0 aliphatic heterocycles. The Morgan fingerprint density at radius 3 is 2.40 bits per heavy atom. The molecular formula is C16H15Cl2IN2O3S. The topological polar surface area (TPSA) is 66.5 Å². The number of likely N-dealkylation sites (N-methyl/N-ethyl adjacent to an activating group) is 1. The molecule has 2 rings (SSSR count). The molecule has 0 unspecified atom stereocenters. The van der Waals surface area contributed by atoms with E-state index in [0.29, 0.717) is 5.69 Å². The molecular weight excluding hydrogens is 498 g/mol. The Morgan fingerprint density at radius 2 is 1.80 bits per heavy atom. The van der Waals surface area contributed by atoms with E-state index in [4.69, 9.17) is 23.2 Å². The highest BCUT2D eigenvalue weighted by Crippen LogP contribution is 2.27. The van der Waals surface area contributed by atoms with Crippen LogP contribution in [0.2, 0.25) is 10.0 Å². The SMILES string of the molecule is CCN(CC(=O)Nc1ccc(I)cc1)S(=O)(=O)c1cc(Cl)ccc1Cl. The van der Waals surface area contributed by atoms with Crippen molar-refractivity contribution >= 4 is 67.4 Å². The second kappa shape index (κ2) is 8.68. The Morgan fingerprint density at radius 1 is 1.16 bits per heavy atom. The van der Waals surface area contributed by atoms with Crippen LogP contribution in [0.25, 0.3) is 0 Å². The summed E-state index contributed by atoms with van der Waals surface area (Å²) in [6.07, 6.45) is 0. The molecule has 2 aromatic rings. The van der Waals surface area contributed by atoms with Gasteiger partial charge in [0, 0.05) is 20.8 Å². The maximum atomic E-state index is 12.8. The number of carbonyl (C=O) groups is 1. The third-order valence-corrected chi connectivity index (χ3v) is 6.67. The number of hydrogen-bond acceptors (Lipinski definition) is 3. The number of sulfonamides is 1. The lowest BCUT2D eigenvalue weighted by Crippen LogP contribution is -2.38. The minimum Gasteiger partial charge on any atom is -0.325 e. The van der Waals surface area contributed by atoms with Crippen molar-refractivity contribution in [2.45, 2.75) is 11.8 Å². The maximum Gasteiger partial charge on any atom is 0.245 e. The van der Waals surface area contributed by atoms with Crippen LogP contribution in [-0.2, 0) is 14.8 Å². The molecule has 0 saturated carbocycles. The standard InChI is InChI=1S/C16H15Cl2IN2O3S/c1-2-21(10-16(22)20-13-6-4-12(19)5-7-13)25(23,24)15-9-11(17)3-8-14(15)18/h3-9H,2,10H2,1H3,(H,20,22). The zero-order valence-corrected chi connectivity index (χ0v) is 17.7. The summed E-state index contributed by atoms with van der Waals surface area (Å²) >= 11 is 14.0. The van der Waals surface area contributed by atoms with Crippen LogP contribution in [0.1, 0.15) is 6.92 Å². The average molecular weight is 513 g/mol. The summed E-state index contributed by atoms with van der Waals surface area (Å²) < 4.78 is 27.6. The summed E-state index contributed by atoms with van der Waals surface area (Å²) in [5.41, 5.74) is 0.597. The average Bonchev–Trinajstić information content (AvgIpc) is 2.56. The molecule has 0 aliphatic carbocycles. The molecule has 25 heavy (non-hydrogen) atoms. The Bertz CT molecular complexity index is 873. The highest BCUT2D eigenvalue weighted by molar-refractivity contribution is 14.1. The van der Waals surface area contributed by atoms with Crippen molar-refractivity contribution in [3.63, 3.8) is 0 Å².